The highest BCUT2D eigenvalue weighted by Crippen LogP contribution is 2.36. The molecule has 2 saturated carbocycles. The van der Waals surface area contributed by atoms with Crippen LogP contribution in [0.25, 0.3) is 0 Å². The molecule has 0 aromatic heterocycles. The number of carboxylic acids is 1. The minimum atomic E-state index is -0.788. The number of rotatable bonds is 6. The standard InChI is InChI=1S/C18H33N3O3/c1-5-21(12-16(22)23)15-10-13(11-15)19-17(24)20(4)14-6-8-18(2,3)9-7-14/h13-15H,5-12H2,1-4H3,(H,19,24)(H,22,23). The van der Waals surface area contributed by atoms with Crippen LogP contribution in [0.2, 0.25) is 0 Å². The van der Waals surface area contributed by atoms with E-state index in [9.17, 15) is 9.59 Å². The minimum Gasteiger partial charge on any atom is -0.480 e. The second-order valence-electron chi connectivity index (χ2n) is 8.23. The quantitative estimate of drug-likeness (QED) is 0.780. The van der Waals surface area contributed by atoms with E-state index in [1.807, 2.05) is 23.8 Å². The number of urea groups is 1. The van der Waals surface area contributed by atoms with Crippen molar-refractivity contribution < 1.29 is 14.7 Å². The first-order valence-electron chi connectivity index (χ1n) is 9.21. The second-order valence-corrected chi connectivity index (χ2v) is 8.23. The van der Waals surface area contributed by atoms with Crippen molar-refractivity contribution in [2.45, 2.75) is 77.4 Å². The number of nitrogens with one attached hydrogen (secondary N) is 1. The maximum absolute atomic E-state index is 12.4. The van der Waals surface area contributed by atoms with Gasteiger partial charge in [-0.3, -0.25) is 9.69 Å². The fraction of sp³-hybridized carbons (Fsp3) is 0.889. The molecule has 2 N–H and O–H groups in total. The first-order chi connectivity index (χ1) is 11.2. The lowest BCUT2D eigenvalue weighted by Gasteiger charge is -2.44. The summed E-state index contributed by atoms with van der Waals surface area (Å²) >= 11 is 0. The number of hydrogen-bond acceptors (Lipinski definition) is 3. The van der Waals surface area contributed by atoms with E-state index < -0.39 is 5.97 Å². The summed E-state index contributed by atoms with van der Waals surface area (Å²) in [6, 6.07) is 0.808. The molecule has 0 atom stereocenters. The van der Waals surface area contributed by atoms with Crippen LogP contribution in [0, 0.1) is 5.41 Å². The van der Waals surface area contributed by atoms with Crippen molar-refractivity contribution in [3.63, 3.8) is 0 Å². The molecule has 2 amide bonds. The molecule has 24 heavy (non-hydrogen) atoms. The van der Waals surface area contributed by atoms with Gasteiger partial charge in [-0.1, -0.05) is 20.8 Å². The summed E-state index contributed by atoms with van der Waals surface area (Å²) in [5, 5.41) is 12.0. The molecule has 0 spiro atoms. The molecule has 2 aliphatic rings. The molecule has 0 bridgehead atoms. The van der Waals surface area contributed by atoms with Crippen molar-refractivity contribution in [1.29, 1.82) is 0 Å². The number of carbonyl (C=O) groups is 2. The summed E-state index contributed by atoms with van der Waals surface area (Å²) in [5.41, 5.74) is 0.406. The van der Waals surface area contributed by atoms with Gasteiger partial charge in [0.1, 0.15) is 0 Å². The van der Waals surface area contributed by atoms with E-state index in [2.05, 4.69) is 19.2 Å². The normalized spacial score (nSPS) is 26.7. The minimum absolute atomic E-state index is 0.0180. The van der Waals surface area contributed by atoms with E-state index in [4.69, 9.17) is 5.11 Å². The second kappa shape index (κ2) is 7.72. The Kier molecular flexibility index (Phi) is 6.12. The molecule has 2 rings (SSSR count). The van der Waals surface area contributed by atoms with Crippen LogP contribution >= 0.6 is 0 Å². The van der Waals surface area contributed by atoms with Crippen molar-refractivity contribution in [1.82, 2.24) is 15.1 Å². The summed E-state index contributed by atoms with van der Waals surface area (Å²) < 4.78 is 0. The van der Waals surface area contributed by atoms with Gasteiger partial charge < -0.3 is 15.3 Å². The zero-order valence-electron chi connectivity index (χ0n) is 15.5. The van der Waals surface area contributed by atoms with Crippen LogP contribution < -0.4 is 5.32 Å². The molecule has 138 valence electrons. The van der Waals surface area contributed by atoms with Gasteiger partial charge in [0, 0.05) is 25.2 Å². The van der Waals surface area contributed by atoms with Crippen LogP contribution in [0.4, 0.5) is 4.79 Å². The van der Waals surface area contributed by atoms with Gasteiger partial charge in [-0.05, 0) is 50.5 Å². The summed E-state index contributed by atoms with van der Waals surface area (Å²) in [6.45, 7) is 7.39. The van der Waals surface area contributed by atoms with E-state index in [1.54, 1.807) is 0 Å². The smallest absolute Gasteiger partial charge is 0.317 e. The third kappa shape index (κ3) is 4.85. The Morgan fingerprint density at radius 1 is 1.17 bits per heavy atom. The van der Waals surface area contributed by atoms with Gasteiger partial charge in [-0.25, -0.2) is 4.79 Å². The van der Waals surface area contributed by atoms with Crippen LogP contribution in [-0.2, 0) is 4.79 Å². The van der Waals surface area contributed by atoms with E-state index in [0.717, 1.165) is 32.2 Å². The van der Waals surface area contributed by atoms with Crippen molar-refractivity contribution in [3.05, 3.63) is 0 Å². The van der Waals surface area contributed by atoms with Gasteiger partial charge in [-0.2, -0.15) is 0 Å². The molecule has 6 heteroatoms. The van der Waals surface area contributed by atoms with Gasteiger partial charge in [0.05, 0.1) is 6.54 Å². The van der Waals surface area contributed by atoms with Gasteiger partial charge in [0.25, 0.3) is 0 Å². The molecule has 0 aromatic carbocycles. The van der Waals surface area contributed by atoms with Gasteiger partial charge in [-0.15, -0.1) is 0 Å². The molecule has 0 unspecified atom stereocenters. The van der Waals surface area contributed by atoms with Crippen LogP contribution in [-0.4, -0.2) is 65.2 Å². The lowest BCUT2D eigenvalue weighted by Crippen LogP contribution is -2.57. The topological polar surface area (TPSA) is 72.9 Å². The lowest BCUT2D eigenvalue weighted by atomic mass is 9.75. The average Bonchev–Trinajstić information content (AvgIpc) is 2.47. The van der Waals surface area contributed by atoms with Crippen molar-refractivity contribution in [2.24, 2.45) is 5.41 Å². The molecule has 2 aliphatic carbocycles. The van der Waals surface area contributed by atoms with Crippen LogP contribution in [0.5, 0.6) is 0 Å². The number of carboxylic acid groups (broad SMARTS) is 1. The third-order valence-corrected chi connectivity index (χ3v) is 5.88. The SMILES string of the molecule is CCN(CC(=O)O)C1CC(NC(=O)N(C)C2CCC(C)(C)CC2)C1. The van der Waals surface area contributed by atoms with Crippen molar-refractivity contribution in [3.8, 4) is 0 Å². The molecule has 0 aliphatic heterocycles. The molecular formula is C18H33N3O3. The van der Waals surface area contributed by atoms with E-state index in [1.165, 1.54) is 12.8 Å². The Labute approximate surface area is 145 Å². The van der Waals surface area contributed by atoms with Crippen LogP contribution in [0.3, 0.4) is 0 Å². The van der Waals surface area contributed by atoms with Crippen LogP contribution in [0.1, 0.15) is 59.3 Å². The fourth-order valence-corrected chi connectivity index (χ4v) is 3.89. The van der Waals surface area contributed by atoms with Crippen molar-refractivity contribution >= 4 is 12.0 Å². The maximum Gasteiger partial charge on any atom is 0.317 e. The van der Waals surface area contributed by atoms with Gasteiger partial charge in [0.15, 0.2) is 0 Å². The lowest BCUT2D eigenvalue weighted by molar-refractivity contribution is -0.139. The Balaban J connectivity index is 1.73. The molecule has 0 saturated heterocycles. The summed E-state index contributed by atoms with van der Waals surface area (Å²) in [4.78, 5) is 27.1. The third-order valence-electron chi connectivity index (χ3n) is 5.88. The van der Waals surface area contributed by atoms with E-state index in [0.29, 0.717) is 11.5 Å². The zero-order valence-corrected chi connectivity index (χ0v) is 15.5. The predicted molar refractivity (Wildman–Crippen MR) is 94.0 cm³/mol. The molecule has 0 aromatic rings. The van der Waals surface area contributed by atoms with Crippen LogP contribution in [0.15, 0.2) is 0 Å². The zero-order chi connectivity index (χ0) is 17.9. The highest BCUT2D eigenvalue weighted by atomic mass is 16.4. The Bertz CT molecular complexity index is 450. The number of aliphatic carboxylic acids is 1. The monoisotopic (exact) mass is 339 g/mol. The first-order valence-corrected chi connectivity index (χ1v) is 9.21. The van der Waals surface area contributed by atoms with Gasteiger partial charge in [0.2, 0.25) is 0 Å². The highest BCUT2D eigenvalue weighted by molar-refractivity contribution is 5.74. The largest absolute Gasteiger partial charge is 0.480 e. The van der Waals surface area contributed by atoms with Crippen molar-refractivity contribution in [2.75, 3.05) is 20.1 Å². The molecule has 0 heterocycles. The number of nitrogens with zero attached hydrogens (tertiary/aromatic N) is 2. The Morgan fingerprint density at radius 3 is 2.25 bits per heavy atom. The average molecular weight is 339 g/mol. The fourth-order valence-electron chi connectivity index (χ4n) is 3.89. The summed E-state index contributed by atoms with van der Waals surface area (Å²) in [6.07, 6.45) is 6.18. The molecule has 2 fully saturated rings. The number of hydrogen-bond donors (Lipinski definition) is 2. The molecule has 0 radical (unpaired) electrons. The predicted octanol–water partition coefficient (Wildman–Crippen LogP) is 2.53. The van der Waals surface area contributed by atoms with E-state index >= 15 is 0 Å². The first kappa shape index (κ1) is 19.0. The summed E-state index contributed by atoms with van der Waals surface area (Å²) in [7, 11) is 1.90. The number of amides is 2. The number of likely N-dealkylation sites (N-methyl/N-ethyl adjacent to an activating group) is 1. The number of carbonyl (C=O) groups excluding carboxylic acids is 1. The Morgan fingerprint density at radius 2 is 1.75 bits per heavy atom. The maximum atomic E-state index is 12.4. The molecular weight excluding hydrogens is 306 g/mol. The highest BCUT2D eigenvalue weighted by Gasteiger charge is 2.36. The van der Waals surface area contributed by atoms with E-state index in [-0.39, 0.29) is 24.7 Å². The summed E-state index contributed by atoms with van der Waals surface area (Å²) in [5.74, 6) is -0.788. The van der Waals surface area contributed by atoms with Gasteiger partial charge >= 0.3 is 12.0 Å². The Hall–Kier alpha value is -1.30. The molecule has 6 nitrogen and oxygen atoms in total.